The van der Waals surface area contributed by atoms with Crippen LogP contribution in [0.1, 0.15) is 12.0 Å². The Balaban J connectivity index is 0.000000412. The van der Waals surface area contributed by atoms with Gasteiger partial charge in [-0.05, 0) is 30.7 Å². The molecule has 0 aromatic heterocycles. The van der Waals surface area contributed by atoms with E-state index in [0.29, 0.717) is 5.56 Å². The summed E-state index contributed by atoms with van der Waals surface area (Å²) in [5.41, 5.74) is 0.732. The molecule has 1 aromatic rings. The molecule has 144 valence electrons. The molecule has 1 aliphatic rings. The number of nitro groups is 1. The third kappa shape index (κ3) is 7.79. The van der Waals surface area contributed by atoms with Gasteiger partial charge in [0, 0.05) is 24.7 Å². The van der Waals surface area contributed by atoms with Gasteiger partial charge in [0.25, 0.3) is 5.69 Å². The summed E-state index contributed by atoms with van der Waals surface area (Å²) in [5.74, 6) is -2.76. The number of nitrogens with zero attached hydrogens (tertiary/aromatic N) is 1. The number of carbonyl (C=O) groups is 2. The molecule has 1 fully saturated rings. The molecule has 1 atom stereocenters. The molecule has 0 spiro atoms. The normalized spacial score (nSPS) is 16.2. The number of carboxylic acid groups (broad SMARTS) is 1. The van der Waals surface area contributed by atoms with E-state index in [9.17, 15) is 28.1 Å². The van der Waals surface area contributed by atoms with E-state index < -0.39 is 23.2 Å². The second kappa shape index (κ2) is 9.56. The number of hydrogen-bond donors (Lipinski definition) is 3. The highest BCUT2D eigenvalue weighted by atomic mass is 19.4. The van der Waals surface area contributed by atoms with Crippen LogP contribution in [0.25, 0.3) is 0 Å². The minimum absolute atomic E-state index is 0.0187. The van der Waals surface area contributed by atoms with Crippen molar-refractivity contribution in [1.29, 1.82) is 0 Å². The first kappa shape index (κ1) is 21.2. The summed E-state index contributed by atoms with van der Waals surface area (Å²) in [6.07, 6.45) is -4.65. The van der Waals surface area contributed by atoms with Crippen molar-refractivity contribution >= 4 is 17.7 Å². The van der Waals surface area contributed by atoms with E-state index in [1.807, 2.05) is 0 Å². The molecule has 1 aliphatic heterocycles. The number of aliphatic carboxylic acids is 1. The predicted octanol–water partition coefficient (Wildman–Crippen LogP) is 1.82. The second-order valence-electron chi connectivity index (χ2n) is 5.14. The molecule has 26 heavy (non-hydrogen) atoms. The summed E-state index contributed by atoms with van der Waals surface area (Å²) >= 11 is 0. The van der Waals surface area contributed by atoms with Gasteiger partial charge in [-0.25, -0.2) is 9.59 Å². The first-order valence-electron chi connectivity index (χ1n) is 7.27. The van der Waals surface area contributed by atoms with Crippen molar-refractivity contribution in [1.82, 2.24) is 10.6 Å². The highest BCUT2D eigenvalue weighted by Crippen LogP contribution is 2.13. The fourth-order valence-electron chi connectivity index (χ4n) is 1.85. The zero-order valence-electron chi connectivity index (χ0n) is 13.3. The smallest absolute Gasteiger partial charge is 0.475 e. The first-order valence-corrected chi connectivity index (χ1v) is 7.27. The standard InChI is InChI=1S/C12H15N3O4.C2HF3O2/c16-12(14-10-5-6-13-7-10)19-8-9-1-3-11(4-2-9)15(17)18;3-2(4,5)1(6)7/h1-4,10,13H,5-8H2,(H,14,16);(H,6,7)/t10-;/m1./s1. The number of ether oxygens (including phenoxy) is 1. The highest BCUT2D eigenvalue weighted by molar-refractivity contribution is 5.73. The van der Waals surface area contributed by atoms with Crippen LogP contribution in [0.2, 0.25) is 0 Å². The second-order valence-corrected chi connectivity index (χ2v) is 5.14. The Bertz CT molecular complexity index is 630. The van der Waals surface area contributed by atoms with Crippen molar-refractivity contribution in [3.63, 3.8) is 0 Å². The van der Waals surface area contributed by atoms with Crippen molar-refractivity contribution in [2.75, 3.05) is 13.1 Å². The summed E-state index contributed by atoms with van der Waals surface area (Å²) in [7, 11) is 0. The van der Waals surface area contributed by atoms with Crippen molar-refractivity contribution in [3.05, 3.63) is 39.9 Å². The van der Waals surface area contributed by atoms with Crippen molar-refractivity contribution in [2.24, 2.45) is 0 Å². The number of hydrogen-bond acceptors (Lipinski definition) is 6. The minimum atomic E-state index is -5.08. The average molecular weight is 379 g/mol. The van der Waals surface area contributed by atoms with Crippen LogP contribution < -0.4 is 10.6 Å². The third-order valence-electron chi connectivity index (χ3n) is 3.14. The fraction of sp³-hybridized carbons (Fsp3) is 0.429. The minimum Gasteiger partial charge on any atom is -0.475 e. The summed E-state index contributed by atoms with van der Waals surface area (Å²) in [6, 6.07) is 6.03. The monoisotopic (exact) mass is 379 g/mol. The molecule has 0 bridgehead atoms. The number of non-ortho nitro benzene ring substituents is 1. The highest BCUT2D eigenvalue weighted by Gasteiger charge is 2.38. The van der Waals surface area contributed by atoms with Crippen LogP contribution in [0.3, 0.4) is 0 Å². The average Bonchev–Trinajstić information content (AvgIpc) is 3.06. The van der Waals surface area contributed by atoms with E-state index in [4.69, 9.17) is 14.6 Å². The van der Waals surface area contributed by atoms with E-state index >= 15 is 0 Å². The number of halogens is 3. The number of benzene rings is 1. The van der Waals surface area contributed by atoms with Crippen LogP contribution >= 0.6 is 0 Å². The summed E-state index contributed by atoms with van der Waals surface area (Å²) in [4.78, 5) is 30.4. The first-order chi connectivity index (χ1) is 12.1. The maximum Gasteiger partial charge on any atom is 0.490 e. The number of carbonyl (C=O) groups excluding carboxylic acids is 1. The molecule has 1 amide bonds. The van der Waals surface area contributed by atoms with E-state index in [2.05, 4.69) is 10.6 Å². The quantitative estimate of drug-likeness (QED) is 0.537. The molecule has 2 rings (SSSR count). The zero-order valence-corrected chi connectivity index (χ0v) is 13.3. The molecular formula is C14H16F3N3O6. The molecule has 1 aromatic carbocycles. The van der Waals surface area contributed by atoms with Gasteiger partial charge >= 0.3 is 18.2 Å². The lowest BCUT2D eigenvalue weighted by Crippen LogP contribution is -2.36. The third-order valence-corrected chi connectivity index (χ3v) is 3.14. The van der Waals surface area contributed by atoms with Gasteiger partial charge in [0.2, 0.25) is 0 Å². The SMILES string of the molecule is O=C(N[C@@H]1CCNC1)OCc1ccc([N+](=O)[O-])cc1.O=C(O)C(F)(F)F. The van der Waals surface area contributed by atoms with E-state index in [-0.39, 0.29) is 18.3 Å². The summed E-state index contributed by atoms with van der Waals surface area (Å²) < 4.78 is 36.8. The molecule has 0 unspecified atom stereocenters. The van der Waals surface area contributed by atoms with E-state index in [1.54, 1.807) is 12.1 Å². The number of amides is 1. The number of rotatable bonds is 4. The molecule has 0 radical (unpaired) electrons. The predicted molar refractivity (Wildman–Crippen MR) is 81.4 cm³/mol. The van der Waals surface area contributed by atoms with Crippen molar-refractivity contribution in [2.45, 2.75) is 25.2 Å². The van der Waals surface area contributed by atoms with Gasteiger partial charge < -0.3 is 20.5 Å². The van der Waals surface area contributed by atoms with Gasteiger partial charge in [-0.3, -0.25) is 10.1 Å². The largest absolute Gasteiger partial charge is 0.490 e. The maximum absolute atomic E-state index is 11.5. The Hall–Kier alpha value is -2.89. The van der Waals surface area contributed by atoms with Crippen LogP contribution in [0, 0.1) is 10.1 Å². The fourth-order valence-corrected chi connectivity index (χ4v) is 1.85. The summed E-state index contributed by atoms with van der Waals surface area (Å²) in [6.45, 7) is 1.75. The Kier molecular flexibility index (Phi) is 7.77. The van der Waals surface area contributed by atoms with Crippen LogP contribution in [-0.4, -0.2) is 47.4 Å². The lowest BCUT2D eigenvalue weighted by Gasteiger charge is -2.11. The topological polar surface area (TPSA) is 131 Å². The molecule has 1 heterocycles. The number of carboxylic acids is 1. The van der Waals surface area contributed by atoms with E-state index in [1.165, 1.54) is 12.1 Å². The molecule has 12 heteroatoms. The number of alkyl carbamates (subject to hydrolysis) is 1. The lowest BCUT2D eigenvalue weighted by molar-refractivity contribution is -0.384. The van der Waals surface area contributed by atoms with Gasteiger partial charge in [-0.1, -0.05) is 0 Å². The Labute approximate surface area is 145 Å². The van der Waals surface area contributed by atoms with Gasteiger partial charge in [0.05, 0.1) is 4.92 Å². The maximum atomic E-state index is 11.5. The van der Waals surface area contributed by atoms with Crippen molar-refractivity contribution < 1.29 is 37.5 Å². The summed E-state index contributed by atoms with van der Waals surface area (Å²) in [5, 5.41) is 23.5. The number of nitrogens with one attached hydrogen (secondary N) is 2. The lowest BCUT2D eigenvalue weighted by atomic mass is 10.2. The number of nitro benzene ring substituents is 1. The van der Waals surface area contributed by atoms with E-state index in [0.717, 1.165) is 19.5 Å². The Morgan fingerprint density at radius 3 is 2.35 bits per heavy atom. The molecule has 0 saturated carbocycles. The Morgan fingerprint density at radius 1 is 1.35 bits per heavy atom. The van der Waals surface area contributed by atoms with Gasteiger partial charge in [0.15, 0.2) is 0 Å². The van der Waals surface area contributed by atoms with Gasteiger partial charge in [-0.15, -0.1) is 0 Å². The number of alkyl halides is 3. The molecular weight excluding hydrogens is 363 g/mol. The van der Waals surface area contributed by atoms with Crippen LogP contribution in [-0.2, 0) is 16.1 Å². The van der Waals surface area contributed by atoms with Gasteiger partial charge in [-0.2, -0.15) is 13.2 Å². The van der Waals surface area contributed by atoms with Gasteiger partial charge in [0.1, 0.15) is 6.61 Å². The molecule has 0 aliphatic carbocycles. The molecule has 1 saturated heterocycles. The Morgan fingerprint density at radius 2 is 1.92 bits per heavy atom. The molecule has 9 nitrogen and oxygen atoms in total. The van der Waals surface area contributed by atoms with Crippen LogP contribution in [0.15, 0.2) is 24.3 Å². The zero-order chi connectivity index (χ0) is 19.7. The van der Waals surface area contributed by atoms with Crippen molar-refractivity contribution in [3.8, 4) is 0 Å². The molecule has 3 N–H and O–H groups in total. The van der Waals surface area contributed by atoms with Crippen LogP contribution in [0.5, 0.6) is 0 Å². The van der Waals surface area contributed by atoms with Crippen LogP contribution in [0.4, 0.5) is 23.7 Å².